The number of anilines is 1. The quantitative estimate of drug-likeness (QED) is 0.599. The highest BCUT2D eigenvalue weighted by molar-refractivity contribution is 5.93. The molecule has 1 aromatic carbocycles. The number of para-hydroxylation sites is 1. The van der Waals surface area contributed by atoms with Crippen molar-refractivity contribution in [1.82, 2.24) is 19.4 Å². The number of nitriles is 1. The lowest BCUT2D eigenvalue weighted by atomic mass is 9.95. The van der Waals surface area contributed by atoms with Gasteiger partial charge in [0.05, 0.1) is 29.6 Å². The normalized spacial score (nSPS) is 14.5. The van der Waals surface area contributed by atoms with Gasteiger partial charge in [0, 0.05) is 11.7 Å². The van der Waals surface area contributed by atoms with Gasteiger partial charge in [0.1, 0.15) is 17.7 Å². The number of aromatic nitrogens is 3. The molecule has 8 heteroatoms. The van der Waals surface area contributed by atoms with Crippen LogP contribution in [-0.2, 0) is 11.3 Å². The topological polar surface area (TPSA) is 107 Å². The van der Waals surface area contributed by atoms with Crippen LogP contribution in [0.25, 0.3) is 10.9 Å². The van der Waals surface area contributed by atoms with Crippen LogP contribution in [0.15, 0.2) is 29.1 Å². The second kappa shape index (κ2) is 9.59. The van der Waals surface area contributed by atoms with E-state index in [1.807, 2.05) is 19.9 Å². The molecule has 0 saturated heterocycles. The van der Waals surface area contributed by atoms with Crippen molar-refractivity contribution in [3.05, 3.63) is 57.3 Å². The summed E-state index contributed by atoms with van der Waals surface area (Å²) < 4.78 is 2.16. The Morgan fingerprint density at radius 2 is 2.00 bits per heavy atom. The van der Waals surface area contributed by atoms with Gasteiger partial charge in [-0.1, -0.05) is 31.4 Å². The molecule has 1 amide bonds. The number of nitrogens with zero attached hydrogens (tertiary/aromatic N) is 4. The smallest absolute Gasteiger partial charge is 0.258 e. The molecule has 3 aromatic rings. The van der Waals surface area contributed by atoms with Crippen molar-refractivity contribution in [3.8, 4) is 6.07 Å². The monoisotopic (exact) mass is 446 g/mol. The summed E-state index contributed by atoms with van der Waals surface area (Å²) in [6.07, 6.45) is 5.68. The molecule has 0 radical (unpaired) electrons. The number of hydrogen-bond donors (Lipinski definition) is 2. The summed E-state index contributed by atoms with van der Waals surface area (Å²) in [5.74, 6) is 0.908. The predicted molar refractivity (Wildman–Crippen MR) is 128 cm³/mol. The third kappa shape index (κ3) is 4.69. The van der Waals surface area contributed by atoms with Crippen LogP contribution in [0.2, 0.25) is 0 Å². The minimum Gasteiger partial charge on any atom is -0.327 e. The first-order chi connectivity index (χ1) is 15.9. The van der Waals surface area contributed by atoms with Crippen molar-refractivity contribution in [3.63, 3.8) is 0 Å². The van der Waals surface area contributed by atoms with Crippen molar-refractivity contribution in [2.24, 2.45) is 0 Å². The molecular formula is C25H30N6O2. The molecule has 0 spiro atoms. The average Bonchev–Trinajstić information content (AvgIpc) is 3.03. The fourth-order valence-electron chi connectivity index (χ4n) is 4.82. The first-order valence-electron chi connectivity index (χ1n) is 11.5. The fraction of sp³-hybridized carbons (Fsp3) is 0.440. The maximum absolute atomic E-state index is 12.9. The second-order valence-corrected chi connectivity index (χ2v) is 8.96. The van der Waals surface area contributed by atoms with Crippen LogP contribution in [0.5, 0.6) is 0 Å². The zero-order chi connectivity index (χ0) is 23.5. The molecule has 0 bridgehead atoms. The van der Waals surface area contributed by atoms with E-state index in [0.29, 0.717) is 40.7 Å². The van der Waals surface area contributed by atoms with E-state index in [1.54, 1.807) is 30.1 Å². The van der Waals surface area contributed by atoms with Gasteiger partial charge in [0.25, 0.3) is 5.56 Å². The molecule has 4 rings (SSSR count). The van der Waals surface area contributed by atoms with Crippen molar-refractivity contribution in [1.29, 1.82) is 5.26 Å². The standard InChI is InChI=1S/C25H30N6O2/c1-16-17(2)31(18-9-5-4-6-10-18)24(20(16)13-26)29-23(32)15-30(3)14-22-27-21-12-8-7-11-19(21)25(33)28-22/h7-8,11-12,18H,4-6,9-10,14-15H2,1-3H3,(H,29,32)(H,27,28,33). The number of nitrogens with one attached hydrogen (secondary N) is 2. The van der Waals surface area contributed by atoms with Crippen molar-refractivity contribution < 1.29 is 4.79 Å². The molecule has 33 heavy (non-hydrogen) atoms. The minimum atomic E-state index is -0.202. The summed E-state index contributed by atoms with van der Waals surface area (Å²) in [5, 5.41) is 13.3. The Kier molecular flexibility index (Phi) is 6.61. The maximum atomic E-state index is 12.9. The molecule has 8 nitrogen and oxygen atoms in total. The first kappa shape index (κ1) is 22.7. The van der Waals surface area contributed by atoms with Gasteiger partial charge >= 0.3 is 0 Å². The summed E-state index contributed by atoms with van der Waals surface area (Å²) in [4.78, 5) is 34.4. The lowest BCUT2D eigenvalue weighted by Gasteiger charge is -2.27. The molecule has 0 aliphatic heterocycles. The lowest BCUT2D eigenvalue weighted by molar-refractivity contribution is -0.117. The summed E-state index contributed by atoms with van der Waals surface area (Å²) in [6.45, 7) is 4.39. The first-order valence-corrected chi connectivity index (χ1v) is 11.5. The highest BCUT2D eigenvalue weighted by Crippen LogP contribution is 2.36. The van der Waals surface area contributed by atoms with Crippen LogP contribution >= 0.6 is 0 Å². The van der Waals surface area contributed by atoms with E-state index in [-0.39, 0.29) is 18.0 Å². The lowest BCUT2D eigenvalue weighted by Crippen LogP contribution is -2.32. The SMILES string of the molecule is Cc1c(C#N)c(NC(=O)CN(C)Cc2nc3ccccc3c(=O)[nH]2)n(C2CCCCC2)c1C. The largest absolute Gasteiger partial charge is 0.327 e. The van der Waals surface area contributed by atoms with Crippen LogP contribution in [0.4, 0.5) is 5.82 Å². The number of H-pyrrole nitrogens is 1. The zero-order valence-electron chi connectivity index (χ0n) is 19.4. The summed E-state index contributed by atoms with van der Waals surface area (Å²) in [5.41, 5.74) is 2.94. The van der Waals surface area contributed by atoms with E-state index in [2.05, 4.69) is 25.9 Å². The Hall–Kier alpha value is -3.44. The van der Waals surface area contributed by atoms with Gasteiger partial charge in [0.15, 0.2) is 0 Å². The number of rotatable bonds is 6. The summed E-state index contributed by atoms with van der Waals surface area (Å²) in [6, 6.07) is 9.77. The Morgan fingerprint density at radius 1 is 1.27 bits per heavy atom. The zero-order valence-corrected chi connectivity index (χ0v) is 19.4. The number of fused-ring (bicyclic) bond motifs is 1. The van der Waals surface area contributed by atoms with E-state index < -0.39 is 0 Å². The molecule has 1 fully saturated rings. The van der Waals surface area contributed by atoms with E-state index >= 15 is 0 Å². The van der Waals surface area contributed by atoms with Crippen LogP contribution in [-0.4, -0.2) is 38.9 Å². The van der Waals surface area contributed by atoms with Crippen LogP contribution in [0, 0.1) is 25.2 Å². The van der Waals surface area contributed by atoms with Gasteiger partial charge in [-0.2, -0.15) is 5.26 Å². The van der Waals surface area contributed by atoms with Gasteiger partial charge in [-0.25, -0.2) is 4.98 Å². The molecule has 2 heterocycles. The minimum absolute atomic E-state index is 0.106. The molecule has 0 unspecified atom stereocenters. The predicted octanol–water partition coefficient (Wildman–Crippen LogP) is 3.79. The molecular weight excluding hydrogens is 416 g/mol. The second-order valence-electron chi connectivity index (χ2n) is 8.96. The number of carbonyl (C=O) groups excluding carboxylic acids is 1. The Bertz CT molecular complexity index is 1280. The molecule has 2 aromatic heterocycles. The molecule has 2 N–H and O–H groups in total. The number of hydrogen-bond acceptors (Lipinski definition) is 5. The van der Waals surface area contributed by atoms with Gasteiger partial charge < -0.3 is 14.9 Å². The van der Waals surface area contributed by atoms with Crippen molar-refractivity contribution >= 4 is 22.6 Å². The number of amides is 1. The van der Waals surface area contributed by atoms with E-state index in [0.717, 1.165) is 36.9 Å². The van der Waals surface area contributed by atoms with Crippen molar-refractivity contribution in [2.45, 2.75) is 58.5 Å². The van der Waals surface area contributed by atoms with Gasteiger partial charge in [-0.3, -0.25) is 14.5 Å². The van der Waals surface area contributed by atoms with Crippen LogP contribution < -0.4 is 10.9 Å². The van der Waals surface area contributed by atoms with Gasteiger partial charge in [-0.15, -0.1) is 0 Å². The average molecular weight is 447 g/mol. The number of carbonyl (C=O) groups is 1. The molecule has 172 valence electrons. The van der Waals surface area contributed by atoms with Gasteiger partial charge in [0.2, 0.25) is 5.91 Å². The number of likely N-dealkylation sites (N-methyl/N-ethyl adjacent to an activating group) is 1. The van der Waals surface area contributed by atoms with E-state index in [4.69, 9.17) is 0 Å². The third-order valence-electron chi connectivity index (χ3n) is 6.56. The molecule has 1 aliphatic carbocycles. The highest BCUT2D eigenvalue weighted by Gasteiger charge is 2.26. The summed E-state index contributed by atoms with van der Waals surface area (Å²) >= 11 is 0. The fourth-order valence-corrected chi connectivity index (χ4v) is 4.82. The highest BCUT2D eigenvalue weighted by atomic mass is 16.2. The summed E-state index contributed by atoms with van der Waals surface area (Å²) in [7, 11) is 1.80. The van der Waals surface area contributed by atoms with E-state index in [1.165, 1.54) is 6.42 Å². The van der Waals surface area contributed by atoms with Crippen LogP contribution in [0.3, 0.4) is 0 Å². The molecule has 1 saturated carbocycles. The third-order valence-corrected chi connectivity index (χ3v) is 6.56. The Labute approximate surface area is 193 Å². The van der Waals surface area contributed by atoms with Gasteiger partial charge in [-0.05, 0) is 51.4 Å². The number of aromatic amines is 1. The van der Waals surface area contributed by atoms with Crippen molar-refractivity contribution in [2.75, 3.05) is 18.9 Å². The van der Waals surface area contributed by atoms with E-state index in [9.17, 15) is 14.9 Å². The molecule has 0 atom stereocenters. The van der Waals surface area contributed by atoms with Crippen LogP contribution in [0.1, 0.15) is 60.8 Å². The Balaban J connectivity index is 1.50. The Morgan fingerprint density at radius 3 is 2.73 bits per heavy atom. The molecule has 1 aliphatic rings. The maximum Gasteiger partial charge on any atom is 0.258 e. The number of benzene rings is 1.